The van der Waals surface area contributed by atoms with E-state index in [1.807, 2.05) is 13.8 Å². The third-order valence-electron chi connectivity index (χ3n) is 6.86. The van der Waals surface area contributed by atoms with Gasteiger partial charge in [0.1, 0.15) is 0 Å². The second kappa shape index (κ2) is 13.2. The topological polar surface area (TPSA) is 67.4 Å². The molecule has 5 nitrogen and oxygen atoms in total. The summed E-state index contributed by atoms with van der Waals surface area (Å²) in [6.07, 6.45) is 6.51. The van der Waals surface area contributed by atoms with Crippen LogP contribution >= 0.6 is 0 Å². The van der Waals surface area contributed by atoms with Gasteiger partial charge >= 0.3 is 0 Å². The van der Waals surface area contributed by atoms with Crippen molar-refractivity contribution in [3.05, 3.63) is 52.1 Å². The van der Waals surface area contributed by atoms with Crippen molar-refractivity contribution < 1.29 is 13.2 Å². The van der Waals surface area contributed by atoms with E-state index in [1.165, 1.54) is 16.7 Å². The lowest BCUT2D eigenvalue weighted by atomic mass is 9.89. The van der Waals surface area contributed by atoms with Gasteiger partial charge in [0.2, 0.25) is 10.0 Å². The first-order valence-electron chi connectivity index (χ1n) is 13.2. The van der Waals surface area contributed by atoms with Crippen LogP contribution < -0.4 is 10.0 Å². The van der Waals surface area contributed by atoms with Crippen LogP contribution in [0.4, 0.5) is 0 Å². The van der Waals surface area contributed by atoms with Gasteiger partial charge in [-0.05, 0) is 73.6 Å². The van der Waals surface area contributed by atoms with E-state index < -0.39 is 10.0 Å². The minimum atomic E-state index is -3.69. The van der Waals surface area contributed by atoms with E-state index in [4.69, 9.17) is 4.74 Å². The van der Waals surface area contributed by atoms with E-state index in [2.05, 4.69) is 82.8 Å². The molecule has 0 fully saturated rings. The van der Waals surface area contributed by atoms with Gasteiger partial charge in [-0.25, -0.2) is 13.1 Å². The molecule has 0 bridgehead atoms. The molecule has 198 valence electrons. The van der Waals surface area contributed by atoms with Crippen molar-refractivity contribution in [2.45, 2.75) is 110 Å². The molecule has 0 spiro atoms. The third kappa shape index (κ3) is 8.56. The average Bonchev–Trinajstić information content (AvgIpc) is 2.78. The van der Waals surface area contributed by atoms with Gasteiger partial charge in [0.05, 0.1) is 18.1 Å². The third-order valence-corrected chi connectivity index (χ3v) is 8.56. The lowest BCUT2D eigenvalue weighted by Crippen LogP contribution is -2.47. The maximum absolute atomic E-state index is 13.7. The summed E-state index contributed by atoms with van der Waals surface area (Å²) in [5, 5.41) is 3.42. The number of rotatable bonds is 13. The van der Waals surface area contributed by atoms with Gasteiger partial charge in [0.15, 0.2) is 0 Å². The quantitative estimate of drug-likeness (QED) is 0.241. The summed E-state index contributed by atoms with van der Waals surface area (Å²) in [6.45, 7) is 20.6. The predicted molar refractivity (Wildman–Crippen MR) is 148 cm³/mol. The van der Waals surface area contributed by atoms with Crippen LogP contribution in [0.15, 0.2) is 40.3 Å². The Balaban J connectivity index is 2.03. The fourth-order valence-corrected chi connectivity index (χ4v) is 6.26. The molecule has 2 atom stereocenters. The van der Waals surface area contributed by atoms with E-state index in [0.717, 1.165) is 24.0 Å². The number of hydrogen-bond acceptors (Lipinski definition) is 4. The number of hydrogen-bond donors (Lipinski definition) is 2. The lowest BCUT2D eigenvalue weighted by molar-refractivity contribution is 0.153. The van der Waals surface area contributed by atoms with Crippen molar-refractivity contribution in [2.24, 2.45) is 0 Å². The molecule has 1 aliphatic carbocycles. The maximum Gasteiger partial charge on any atom is 0.241 e. The second-order valence-electron chi connectivity index (χ2n) is 11.0. The molecule has 0 radical (unpaired) electrons. The fraction of sp³-hybridized carbons (Fsp3) is 0.655. The molecule has 6 heteroatoms. The summed E-state index contributed by atoms with van der Waals surface area (Å²) in [5.41, 5.74) is 5.73. The Kier molecular flexibility index (Phi) is 11.2. The molecule has 0 unspecified atom stereocenters. The molecule has 0 aliphatic heterocycles. The molecule has 1 aromatic carbocycles. The van der Waals surface area contributed by atoms with Crippen LogP contribution in [0.5, 0.6) is 0 Å². The Bertz CT molecular complexity index is 978. The summed E-state index contributed by atoms with van der Waals surface area (Å²) < 4.78 is 36.1. The standard InChI is InChI=1S/C29H48N2O3S/c1-19(2)26-16-27(20(3)4)29(28(17-26)21(5)6)35(32,33)31-24(9)23(8)30-14-15-34-18-25-12-10-22(7)11-13-25/h10,13,16-17,19-21,23-24,30-31H,11-12,14-15,18H2,1-9H3/t23-,24-/m1/s1. The molecule has 0 saturated carbocycles. The highest BCUT2D eigenvalue weighted by Crippen LogP contribution is 2.35. The van der Waals surface area contributed by atoms with Crippen LogP contribution in [0.25, 0.3) is 0 Å². The molecule has 2 N–H and O–H groups in total. The van der Waals surface area contributed by atoms with E-state index >= 15 is 0 Å². The Morgan fingerprint density at radius 1 is 0.857 bits per heavy atom. The highest BCUT2D eigenvalue weighted by atomic mass is 32.2. The van der Waals surface area contributed by atoms with Crippen molar-refractivity contribution in [3.63, 3.8) is 0 Å². The monoisotopic (exact) mass is 504 g/mol. The summed E-state index contributed by atoms with van der Waals surface area (Å²) in [5.74, 6) is 0.564. The van der Waals surface area contributed by atoms with Crippen LogP contribution in [0.1, 0.15) is 110 Å². The van der Waals surface area contributed by atoms with Crippen molar-refractivity contribution in [1.82, 2.24) is 10.0 Å². The van der Waals surface area contributed by atoms with Crippen molar-refractivity contribution in [3.8, 4) is 0 Å². The first kappa shape index (κ1) is 29.8. The molecule has 0 saturated heterocycles. The summed E-state index contributed by atoms with van der Waals surface area (Å²) in [7, 11) is -3.69. The van der Waals surface area contributed by atoms with E-state index in [0.29, 0.717) is 30.6 Å². The summed E-state index contributed by atoms with van der Waals surface area (Å²) in [6, 6.07) is 3.86. The Morgan fingerprint density at radius 3 is 1.94 bits per heavy atom. The zero-order chi connectivity index (χ0) is 26.3. The van der Waals surface area contributed by atoms with Crippen LogP contribution in [0, 0.1) is 0 Å². The Labute approximate surface area is 214 Å². The molecule has 2 rings (SSSR count). The molecule has 35 heavy (non-hydrogen) atoms. The summed E-state index contributed by atoms with van der Waals surface area (Å²) >= 11 is 0. The molecule has 0 aromatic heterocycles. The van der Waals surface area contributed by atoms with Crippen LogP contribution in [-0.2, 0) is 14.8 Å². The van der Waals surface area contributed by atoms with Gasteiger partial charge in [0.25, 0.3) is 0 Å². The molecule has 0 amide bonds. The smallest absolute Gasteiger partial charge is 0.241 e. The molecule has 0 heterocycles. The zero-order valence-electron chi connectivity index (χ0n) is 23.4. The highest BCUT2D eigenvalue weighted by Gasteiger charge is 2.29. The molecular formula is C29H48N2O3S. The largest absolute Gasteiger partial charge is 0.376 e. The second-order valence-corrected chi connectivity index (χ2v) is 12.7. The maximum atomic E-state index is 13.7. The average molecular weight is 505 g/mol. The number of allylic oxidation sites excluding steroid dienone is 3. The number of sulfonamides is 1. The minimum absolute atomic E-state index is 0.0345. The normalized spacial score (nSPS) is 16.6. The SMILES string of the molecule is CC1=CCC(COCCN[C@H](C)[C@@H](C)NS(=O)(=O)c2c(C(C)C)cc(C(C)C)cc2C(C)C)=CC1. The van der Waals surface area contributed by atoms with Crippen LogP contribution in [-0.4, -0.2) is 40.3 Å². The minimum Gasteiger partial charge on any atom is -0.376 e. The van der Waals surface area contributed by atoms with Crippen LogP contribution in [0.2, 0.25) is 0 Å². The first-order valence-corrected chi connectivity index (χ1v) is 14.7. The van der Waals surface area contributed by atoms with E-state index in [1.54, 1.807) is 0 Å². The van der Waals surface area contributed by atoms with Gasteiger partial charge in [-0.15, -0.1) is 0 Å². The number of benzene rings is 1. The molecule has 1 aliphatic rings. The van der Waals surface area contributed by atoms with Gasteiger partial charge in [-0.3, -0.25) is 0 Å². The van der Waals surface area contributed by atoms with E-state index in [-0.39, 0.29) is 23.9 Å². The van der Waals surface area contributed by atoms with Crippen molar-refractivity contribution >= 4 is 10.0 Å². The first-order chi connectivity index (χ1) is 16.3. The number of nitrogens with one attached hydrogen (secondary N) is 2. The summed E-state index contributed by atoms with van der Waals surface area (Å²) in [4.78, 5) is 0.458. The predicted octanol–water partition coefficient (Wildman–Crippen LogP) is 6.38. The highest BCUT2D eigenvalue weighted by molar-refractivity contribution is 7.89. The van der Waals surface area contributed by atoms with Crippen molar-refractivity contribution in [2.75, 3.05) is 19.8 Å². The van der Waals surface area contributed by atoms with Gasteiger partial charge in [-0.1, -0.05) is 71.4 Å². The molecule has 1 aromatic rings. The van der Waals surface area contributed by atoms with Gasteiger partial charge in [-0.2, -0.15) is 0 Å². The van der Waals surface area contributed by atoms with E-state index in [9.17, 15) is 8.42 Å². The zero-order valence-corrected chi connectivity index (χ0v) is 24.2. The van der Waals surface area contributed by atoms with Gasteiger partial charge < -0.3 is 10.1 Å². The Hall–Kier alpha value is -1.47. The number of ether oxygens (including phenoxy) is 1. The Morgan fingerprint density at radius 2 is 1.46 bits per heavy atom. The lowest BCUT2D eigenvalue weighted by Gasteiger charge is -2.26. The molecular weight excluding hydrogens is 456 g/mol. The van der Waals surface area contributed by atoms with Crippen molar-refractivity contribution in [1.29, 1.82) is 0 Å². The van der Waals surface area contributed by atoms with Gasteiger partial charge in [0, 0.05) is 18.6 Å². The van der Waals surface area contributed by atoms with Crippen LogP contribution in [0.3, 0.4) is 0 Å². The fourth-order valence-electron chi connectivity index (χ4n) is 4.24.